The van der Waals surface area contributed by atoms with E-state index in [1.165, 1.54) is 25.3 Å². The Kier molecular flexibility index (Phi) is 6.93. The van der Waals surface area contributed by atoms with E-state index in [9.17, 15) is 14.0 Å². The Balaban J connectivity index is 1.74. The number of esters is 1. The fraction of sp³-hybridized carbons (Fsp3) is 0.308. The van der Waals surface area contributed by atoms with E-state index in [0.717, 1.165) is 17.7 Å². The number of ether oxygens (including phenoxy) is 3. The molecule has 34 heavy (non-hydrogen) atoms. The summed E-state index contributed by atoms with van der Waals surface area (Å²) in [6, 6.07) is 9.58. The van der Waals surface area contributed by atoms with Gasteiger partial charge in [-0.15, -0.1) is 0 Å². The fourth-order valence-electron chi connectivity index (χ4n) is 4.59. The maximum atomic E-state index is 13.5. The molecular weight excluding hydrogens is 461 g/mol. The second kappa shape index (κ2) is 9.89. The average Bonchev–Trinajstić information content (AvgIpc) is 2.83. The highest BCUT2D eigenvalue weighted by molar-refractivity contribution is 6.30. The van der Waals surface area contributed by atoms with Crippen LogP contribution in [-0.4, -0.2) is 26.0 Å². The Hall–Kier alpha value is -3.32. The van der Waals surface area contributed by atoms with Gasteiger partial charge in [-0.1, -0.05) is 24.2 Å². The number of carbonyl (C=O) groups excluding carboxylic acids is 2. The van der Waals surface area contributed by atoms with Crippen LogP contribution in [0.2, 0.25) is 5.02 Å². The summed E-state index contributed by atoms with van der Waals surface area (Å²) in [5.41, 5.74) is 3.34. The molecular formula is C26H25ClFNO5. The van der Waals surface area contributed by atoms with Gasteiger partial charge >= 0.3 is 5.97 Å². The lowest BCUT2D eigenvalue weighted by atomic mass is 9.71. The zero-order chi connectivity index (χ0) is 24.4. The minimum absolute atomic E-state index is 0.00900. The molecule has 2 unspecified atom stereocenters. The number of nitrogens with one attached hydrogen (secondary N) is 1. The predicted molar refractivity (Wildman–Crippen MR) is 125 cm³/mol. The summed E-state index contributed by atoms with van der Waals surface area (Å²) in [7, 11) is 2.86. The lowest BCUT2D eigenvalue weighted by Crippen LogP contribution is -2.41. The van der Waals surface area contributed by atoms with Crippen LogP contribution >= 0.6 is 11.6 Å². The molecule has 1 aliphatic heterocycles. The van der Waals surface area contributed by atoms with E-state index in [-0.39, 0.29) is 17.4 Å². The van der Waals surface area contributed by atoms with Crippen LogP contribution in [0.1, 0.15) is 36.3 Å². The maximum absolute atomic E-state index is 13.5. The quantitative estimate of drug-likeness (QED) is 0.576. The maximum Gasteiger partial charge on any atom is 0.315 e. The molecule has 6 nitrogen and oxygen atoms in total. The van der Waals surface area contributed by atoms with Crippen molar-refractivity contribution in [1.29, 1.82) is 0 Å². The molecule has 1 aliphatic carbocycles. The van der Waals surface area contributed by atoms with Crippen molar-refractivity contribution in [2.45, 2.75) is 31.8 Å². The van der Waals surface area contributed by atoms with Gasteiger partial charge in [0.15, 0.2) is 5.78 Å². The van der Waals surface area contributed by atoms with Gasteiger partial charge in [-0.2, -0.15) is 0 Å². The molecule has 1 heterocycles. The van der Waals surface area contributed by atoms with Crippen molar-refractivity contribution in [1.82, 2.24) is 5.32 Å². The van der Waals surface area contributed by atoms with Crippen molar-refractivity contribution in [2.75, 3.05) is 14.2 Å². The summed E-state index contributed by atoms with van der Waals surface area (Å²) in [6.07, 6.45) is 1.88. The van der Waals surface area contributed by atoms with Crippen LogP contribution in [0, 0.1) is 11.7 Å². The van der Waals surface area contributed by atoms with Gasteiger partial charge in [0, 0.05) is 40.9 Å². The first kappa shape index (κ1) is 23.8. The van der Waals surface area contributed by atoms with Crippen LogP contribution in [0.15, 0.2) is 59.9 Å². The topological polar surface area (TPSA) is 73.9 Å². The Labute approximate surface area is 202 Å². The number of rotatable bonds is 6. The summed E-state index contributed by atoms with van der Waals surface area (Å²) < 4.78 is 29.9. The highest BCUT2D eigenvalue weighted by atomic mass is 35.5. The Bertz CT molecular complexity index is 1190. The largest absolute Gasteiger partial charge is 0.496 e. The zero-order valence-electron chi connectivity index (χ0n) is 19.0. The Morgan fingerprint density at radius 3 is 2.71 bits per heavy atom. The summed E-state index contributed by atoms with van der Waals surface area (Å²) in [5, 5.41) is 3.14. The summed E-state index contributed by atoms with van der Waals surface area (Å²) in [4.78, 5) is 25.8. The van der Waals surface area contributed by atoms with Gasteiger partial charge in [0.05, 0.1) is 19.2 Å². The van der Waals surface area contributed by atoms with Gasteiger partial charge in [0.1, 0.15) is 29.8 Å². The minimum Gasteiger partial charge on any atom is -0.496 e. The lowest BCUT2D eigenvalue weighted by Gasteiger charge is -2.38. The second-order valence-electron chi connectivity index (χ2n) is 8.23. The van der Waals surface area contributed by atoms with Gasteiger partial charge in [0.2, 0.25) is 0 Å². The number of ketones is 1. The molecule has 2 atom stereocenters. The number of allylic oxidation sites excluding steroid dienone is 2. The number of halogens is 2. The Morgan fingerprint density at radius 2 is 2.00 bits per heavy atom. The molecule has 0 fully saturated rings. The fourth-order valence-corrected chi connectivity index (χ4v) is 4.76. The Morgan fingerprint density at radius 1 is 1.21 bits per heavy atom. The highest BCUT2D eigenvalue weighted by Gasteiger charge is 2.43. The molecule has 4 rings (SSSR count). The zero-order valence-corrected chi connectivity index (χ0v) is 19.7. The first-order chi connectivity index (χ1) is 16.3. The third-order valence-electron chi connectivity index (χ3n) is 6.19. The van der Waals surface area contributed by atoms with Gasteiger partial charge < -0.3 is 19.5 Å². The van der Waals surface area contributed by atoms with Crippen LogP contribution in [-0.2, 0) is 20.9 Å². The van der Waals surface area contributed by atoms with Gasteiger partial charge in [-0.25, -0.2) is 4.39 Å². The molecule has 1 N–H and O–H groups in total. The van der Waals surface area contributed by atoms with E-state index >= 15 is 0 Å². The second-order valence-corrected chi connectivity index (χ2v) is 8.64. The molecule has 0 aromatic heterocycles. The number of methoxy groups -OCH3 is 2. The van der Waals surface area contributed by atoms with Gasteiger partial charge in [0.25, 0.3) is 0 Å². The molecule has 0 spiro atoms. The van der Waals surface area contributed by atoms with Gasteiger partial charge in [-0.05, 0) is 42.7 Å². The molecule has 0 saturated heterocycles. The third kappa shape index (κ3) is 4.53. The SMILES string of the molecule is C=C1NC2=C(C(=O)CCC2)C(c2ccc(OC)c(COc3ccc(F)c(Cl)c3)c2)C1C(=O)OC. The van der Waals surface area contributed by atoms with E-state index in [2.05, 4.69) is 11.9 Å². The number of Topliss-reactive ketones (excluding diaryl/α,β-unsaturated/α-hetero) is 1. The van der Waals surface area contributed by atoms with E-state index in [4.69, 9.17) is 25.8 Å². The molecule has 2 aromatic rings. The summed E-state index contributed by atoms with van der Waals surface area (Å²) >= 11 is 5.86. The summed E-state index contributed by atoms with van der Waals surface area (Å²) in [6.45, 7) is 4.16. The first-order valence-corrected chi connectivity index (χ1v) is 11.3. The molecule has 0 bridgehead atoms. The van der Waals surface area contributed by atoms with Crippen molar-refractivity contribution in [2.24, 2.45) is 5.92 Å². The van der Waals surface area contributed by atoms with E-state index in [1.54, 1.807) is 13.2 Å². The molecule has 0 amide bonds. The van der Waals surface area contributed by atoms with Crippen LogP contribution in [0.4, 0.5) is 4.39 Å². The molecule has 2 aliphatic rings. The molecule has 8 heteroatoms. The molecule has 0 saturated carbocycles. The van der Waals surface area contributed by atoms with Crippen molar-refractivity contribution in [3.63, 3.8) is 0 Å². The molecule has 2 aromatic carbocycles. The van der Waals surface area contributed by atoms with Crippen molar-refractivity contribution in [3.8, 4) is 11.5 Å². The predicted octanol–water partition coefficient (Wildman–Crippen LogP) is 5.06. The number of hydrogen-bond acceptors (Lipinski definition) is 6. The standard InChI is InChI=1S/C26H25ClFNO5/c1-14-23(26(31)33-3)24(25-20(29-14)5-4-6-21(25)30)15-7-10-22(32-2)16(11-15)13-34-17-8-9-19(28)18(27)12-17/h7-12,23-24,29H,1,4-6,13H2,2-3H3. The van der Waals surface area contributed by atoms with Crippen LogP contribution in [0.3, 0.4) is 0 Å². The number of hydrogen-bond donors (Lipinski definition) is 1. The van der Waals surface area contributed by atoms with E-state index < -0.39 is 23.6 Å². The molecule has 178 valence electrons. The highest BCUT2D eigenvalue weighted by Crippen LogP contribution is 2.45. The van der Waals surface area contributed by atoms with Crippen molar-refractivity contribution >= 4 is 23.4 Å². The van der Waals surface area contributed by atoms with Crippen molar-refractivity contribution in [3.05, 3.63) is 81.9 Å². The third-order valence-corrected chi connectivity index (χ3v) is 6.48. The number of carbonyl (C=O) groups is 2. The van der Waals surface area contributed by atoms with Crippen molar-refractivity contribution < 1.29 is 28.2 Å². The summed E-state index contributed by atoms with van der Waals surface area (Å²) in [5.74, 6) is -1.33. The number of benzene rings is 2. The first-order valence-electron chi connectivity index (χ1n) is 10.9. The van der Waals surface area contributed by atoms with Crippen LogP contribution < -0.4 is 14.8 Å². The van der Waals surface area contributed by atoms with Gasteiger partial charge in [-0.3, -0.25) is 9.59 Å². The smallest absolute Gasteiger partial charge is 0.315 e. The van der Waals surface area contributed by atoms with E-state index in [1.807, 2.05) is 12.1 Å². The molecule has 0 radical (unpaired) electrons. The van der Waals surface area contributed by atoms with Crippen LogP contribution in [0.5, 0.6) is 11.5 Å². The monoisotopic (exact) mass is 485 g/mol. The minimum atomic E-state index is -0.760. The normalized spacial score (nSPS) is 19.9. The lowest BCUT2D eigenvalue weighted by molar-refractivity contribution is -0.144. The average molecular weight is 486 g/mol. The van der Waals surface area contributed by atoms with E-state index in [0.29, 0.717) is 41.2 Å². The van der Waals surface area contributed by atoms with Crippen LogP contribution in [0.25, 0.3) is 0 Å².